The predicted molar refractivity (Wildman–Crippen MR) is 384 cm³/mol. The molecule has 1 saturated carbocycles. The summed E-state index contributed by atoms with van der Waals surface area (Å²) in [6.45, 7) is 18.7. The van der Waals surface area contributed by atoms with Crippen LogP contribution in [0.3, 0.4) is 0 Å². The van der Waals surface area contributed by atoms with Gasteiger partial charge in [-0.3, -0.25) is 9.13 Å². The predicted octanol–water partition coefficient (Wildman–Crippen LogP) is 13.4. The van der Waals surface area contributed by atoms with Crippen molar-refractivity contribution in [1.82, 2.24) is 68.9 Å². The first-order valence-electron chi connectivity index (χ1n) is 34.6. The van der Waals surface area contributed by atoms with Crippen LogP contribution >= 0.6 is 0 Å². The molecule has 4 fully saturated rings. The zero-order valence-corrected chi connectivity index (χ0v) is 56.1. The molecule has 0 bridgehead atoms. The molecule has 494 valence electrons. The van der Waals surface area contributed by atoms with Crippen LogP contribution in [-0.4, -0.2) is 115 Å². The van der Waals surface area contributed by atoms with E-state index in [0.717, 1.165) is 148 Å². The lowest BCUT2D eigenvalue weighted by atomic mass is 9.77. The molecule has 0 spiro atoms. The first-order valence-corrected chi connectivity index (χ1v) is 34.6. The van der Waals surface area contributed by atoms with Crippen molar-refractivity contribution in [2.75, 3.05) is 47.8 Å². The summed E-state index contributed by atoms with van der Waals surface area (Å²) in [7, 11) is 0. The number of halogens is 1. The molecule has 20 heteroatoms. The van der Waals surface area contributed by atoms with Gasteiger partial charge in [-0.2, -0.15) is 15.2 Å². The largest absolute Gasteiger partial charge is 0.382 e. The van der Waals surface area contributed by atoms with Crippen molar-refractivity contribution in [3.8, 4) is 97.1 Å². The Labute approximate surface area is 574 Å². The number of hydrogen-bond donors (Lipinski definition) is 3. The Kier molecular flexibility index (Phi) is 15.5. The summed E-state index contributed by atoms with van der Waals surface area (Å²) in [4.78, 5) is 10.1. The third-order valence-corrected chi connectivity index (χ3v) is 21.3. The highest BCUT2D eigenvalue weighted by atomic mass is 19.1. The Morgan fingerprint density at radius 3 is 1.66 bits per heavy atom. The van der Waals surface area contributed by atoms with Crippen LogP contribution in [0.5, 0.6) is 0 Å². The lowest BCUT2D eigenvalue weighted by molar-refractivity contribution is 0.243. The average molecular weight is 1310 g/mol. The van der Waals surface area contributed by atoms with Crippen LogP contribution in [0.15, 0.2) is 171 Å². The summed E-state index contributed by atoms with van der Waals surface area (Å²) in [5.41, 5.74) is 23.9. The standard InChI is InChI=1S/C29H30N6.C26H22N6.C24H24FN7/c1-18-14-33(15-19(2)31-18)26-9-10-27-25(11-26)17-34-16-24(23-7-5-22(13-30)6-8-23)12-28(34)29-32-20(3)21(4)35(27)29;27-11-17-1-3-18(4-2-17)21-10-25-26-29-28-16-32(26)24-8-7-23(9-22(24)15-31(25)14-21)30-12-19-5-6-20(19)13-30;1-15-10-21(8-9-26-15)27-20-6-7-22-18(11-20)14-31-13-17(16-2-4-19(25)5-3-16)12-23(31)24-28-29-30-32(22)24/h5-12,16,18-19,31H,14-15,17H2,1-4H3;1-4,7-10,14,16,19-20H,5-6,12-13,15H2;2-7,11-13,15,21,26-27H,8-10,14H2,1H3/t18-,19+;;. The van der Waals surface area contributed by atoms with E-state index in [1.54, 1.807) is 16.8 Å². The molecule has 6 atom stereocenters. The van der Waals surface area contributed by atoms with Gasteiger partial charge in [0.2, 0.25) is 5.82 Å². The van der Waals surface area contributed by atoms with E-state index in [1.165, 1.54) is 71.9 Å². The summed E-state index contributed by atoms with van der Waals surface area (Å²) < 4.78 is 26.4. The van der Waals surface area contributed by atoms with Gasteiger partial charge in [0.1, 0.15) is 12.1 Å². The van der Waals surface area contributed by atoms with Gasteiger partial charge >= 0.3 is 0 Å². The van der Waals surface area contributed by atoms with E-state index in [2.05, 4.69) is 212 Å². The number of anilines is 3. The molecule has 3 saturated heterocycles. The molecule has 6 aromatic carbocycles. The summed E-state index contributed by atoms with van der Waals surface area (Å²) in [5.74, 6) is 4.08. The van der Waals surface area contributed by atoms with E-state index in [9.17, 15) is 4.39 Å². The van der Waals surface area contributed by atoms with E-state index >= 15 is 0 Å². The van der Waals surface area contributed by atoms with E-state index in [4.69, 9.17) is 15.5 Å². The number of piperidine rings is 1. The van der Waals surface area contributed by atoms with Crippen molar-refractivity contribution in [3.05, 3.63) is 216 Å². The molecule has 7 aliphatic rings. The van der Waals surface area contributed by atoms with Gasteiger partial charge in [0.05, 0.1) is 63.1 Å². The Bertz CT molecular complexity index is 5120. The molecule has 0 amide bonds. The zero-order valence-electron chi connectivity index (χ0n) is 56.1. The van der Waals surface area contributed by atoms with E-state index < -0.39 is 0 Å². The van der Waals surface area contributed by atoms with Gasteiger partial charge in [0.25, 0.3) is 0 Å². The maximum atomic E-state index is 13.4. The van der Waals surface area contributed by atoms with Gasteiger partial charge in [0.15, 0.2) is 11.6 Å². The molecule has 12 heterocycles. The van der Waals surface area contributed by atoms with Crippen molar-refractivity contribution >= 4 is 17.1 Å². The number of rotatable bonds is 7. The summed E-state index contributed by atoms with van der Waals surface area (Å²) in [5, 5.41) is 50.3. The topological polar surface area (TPSA) is 197 Å². The van der Waals surface area contributed by atoms with Crippen LogP contribution in [0, 0.1) is 54.2 Å². The quantitative estimate of drug-likeness (QED) is 0.136. The molecule has 4 unspecified atom stereocenters. The molecule has 3 N–H and O–H groups in total. The van der Waals surface area contributed by atoms with Crippen LogP contribution in [0.25, 0.3) is 85.0 Å². The SMILES string of the molecule is CC1CC(Nc2ccc3c(c2)Cn2cc(-c4ccc(F)cc4)cc2-c2nnnn2-3)CCN1.Cc1nc2n(c1C)-c1ccc(N3C[C@@H](C)N[C@@H](C)C3)cc1Cn1cc(-c3ccc(C#N)cc3)cc1-2.N#Cc1ccc(-c2cc3n(c2)Cc2cc(N4CC5CCC5C4)ccc2-n2cnnc2-3)cc1. The fourth-order valence-corrected chi connectivity index (χ4v) is 16.1. The normalized spacial score (nSPS) is 19.6. The molecule has 99 heavy (non-hydrogen) atoms. The first-order chi connectivity index (χ1) is 48.3. The molecular weight excluding hydrogens is 1230 g/mol. The van der Waals surface area contributed by atoms with Gasteiger partial charge in [-0.05, 0) is 232 Å². The van der Waals surface area contributed by atoms with Gasteiger partial charge in [-0.25, -0.2) is 9.37 Å². The van der Waals surface area contributed by atoms with Gasteiger partial charge in [-0.15, -0.1) is 15.3 Å². The Hall–Kier alpha value is -11.2. The number of nitrogens with one attached hydrogen (secondary N) is 3. The number of aromatic nitrogens is 12. The highest BCUT2D eigenvalue weighted by Crippen LogP contribution is 2.44. The van der Waals surface area contributed by atoms with Crippen LogP contribution < -0.4 is 25.8 Å². The van der Waals surface area contributed by atoms with Crippen LogP contribution in [-0.2, 0) is 19.6 Å². The lowest BCUT2D eigenvalue weighted by Crippen LogP contribution is -2.54. The van der Waals surface area contributed by atoms with Gasteiger partial charge in [-0.1, -0.05) is 36.4 Å². The second-order valence-electron chi connectivity index (χ2n) is 28.1. The molecule has 6 aliphatic heterocycles. The minimum absolute atomic E-state index is 0.240. The highest BCUT2D eigenvalue weighted by molar-refractivity contribution is 5.76. The third kappa shape index (κ3) is 11.5. The molecule has 19 nitrogen and oxygen atoms in total. The van der Waals surface area contributed by atoms with Crippen LogP contribution in [0.1, 0.15) is 85.7 Å². The number of nitrogens with zero attached hydrogens (tertiary/aromatic N) is 16. The zero-order chi connectivity index (χ0) is 67.2. The minimum Gasteiger partial charge on any atom is -0.382 e. The van der Waals surface area contributed by atoms with Crippen LogP contribution in [0.2, 0.25) is 0 Å². The van der Waals surface area contributed by atoms with Crippen molar-refractivity contribution in [3.63, 3.8) is 0 Å². The van der Waals surface area contributed by atoms with E-state index in [-0.39, 0.29) is 5.82 Å². The monoisotopic (exact) mass is 1310 g/mol. The van der Waals surface area contributed by atoms with Gasteiger partial charge < -0.3 is 39.5 Å². The van der Waals surface area contributed by atoms with E-state index in [0.29, 0.717) is 47.7 Å². The van der Waals surface area contributed by atoms with E-state index in [1.807, 2.05) is 54.9 Å². The number of nitriles is 2. The van der Waals surface area contributed by atoms with Gasteiger partial charge in [0, 0.05) is 128 Å². The minimum atomic E-state index is -0.240. The number of hydrogen-bond acceptors (Lipinski definition) is 13. The maximum absolute atomic E-state index is 13.4. The second kappa shape index (κ2) is 25.0. The summed E-state index contributed by atoms with van der Waals surface area (Å²) in [6, 6.07) is 55.1. The molecule has 19 rings (SSSR count). The lowest BCUT2D eigenvalue weighted by Gasteiger charge is -2.38. The average Bonchev–Trinajstić information content (AvgIpc) is 1.61. The fourth-order valence-electron chi connectivity index (χ4n) is 16.1. The second-order valence-corrected chi connectivity index (χ2v) is 28.1. The van der Waals surface area contributed by atoms with Crippen molar-refractivity contribution in [2.24, 2.45) is 11.8 Å². The number of tetrazole rings is 1. The molecule has 1 aliphatic carbocycles. The number of fused-ring (bicyclic) bond motifs is 16. The number of aryl methyl sites for hydroxylation is 1. The van der Waals surface area contributed by atoms with Crippen LogP contribution in [0.4, 0.5) is 21.5 Å². The third-order valence-electron chi connectivity index (χ3n) is 21.3. The van der Waals surface area contributed by atoms with Crippen molar-refractivity contribution < 1.29 is 4.39 Å². The molecular formula is C79H76FN19. The maximum Gasteiger partial charge on any atom is 0.203 e. The molecule has 12 aromatic rings. The summed E-state index contributed by atoms with van der Waals surface area (Å²) >= 11 is 0. The Balaban J connectivity index is 0.000000111. The first kappa shape index (κ1) is 61.4. The molecule has 6 aromatic heterocycles. The summed E-state index contributed by atoms with van der Waals surface area (Å²) in [6.07, 6.45) is 13.3. The number of piperazine rings is 1. The number of imidazole rings is 1. The fraction of sp³-hybridized carbons (Fsp3) is 0.291. The Morgan fingerprint density at radius 1 is 0.535 bits per heavy atom. The number of benzene rings is 6. The highest BCUT2D eigenvalue weighted by Gasteiger charge is 2.40. The van der Waals surface area contributed by atoms with Crippen molar-refractivity contribution in [1.29, 1.82) is 10.5 Å². The van der Waals surface area contributed by atoms with Crippen molar-refractivity contribution in [2.45, 2.75) is 104 Å². The Morgan fingerprint density at radius 2 is 1.07 bits per heavy atom. The smallest absolute Gasteiger partial charge is 0.203 e. The molecule has 0 radical (unpaired) electrons.